The molecule has 0 saturated heterocycles. The van der Waals surface area contributed by atoms with E-state index >= 15 is 0 Å². The molecule has 3 N–H and O–H groups in total. The Balaban J connectivity index is 1.01. The largest absolute Gasteiger partial charge is 0.492 e. The van der Waals surface area contributed by atoms with Gasteiger partial charge in [0, 0.05) is 43.8 Å². The van der Waals surface area contributed by atoms with Crippen molar-refractivity contribution in [3.05, 3.63) is 114 Å². The molecule has 1 aliphatic rings. The number of unbranched alkanes of at least 4 members (excludes halogenated alkanes) is 1. The van der Waals surface area contributed by atoms with Crippen molar-refractivity contribution >= 4 is 31.1 Å². The molecule has 1 aromatic heterocycles. The van der Waals surface area contributed by atoms with E-state index in [1.165, 1.54) is 5.56 Å². The summed E-state index contributed by atoms with van der Waals surface area (Å²) in [6.07, 6.45) is 2.02. The smallest absolute Gasteiger partial charge is 0.343 e. The third kappa shape index (κ3) is 13.9. The topological polar surface area (TPSA) is 192 Å². The Morgan fingerprint density at radius 2 is 1.54 bits per heavy atom. The molecule has 0 fully saturated rings. The number of para-hydroxylation sites is 1. The third-order valence-electron chi connectivity index (χ3n) is 10.2. The second-order valence-corrected chi connectivity index (χ2v) is 17.8. The van der Waals surface area contributed by atoms with Crippen LogP contribution in [0.1, 0.15) is 67.4 Å². The fraction of sp³-hybridized carbons (Fsp3) is 0.383. The fourth-order valence-corrected chi connectivity index (χ4v) is 7.59. The molecule has 0 spiro atoms. The number of benzene rings is 4. The Hall–Kier alpha value is -5.70. The summed E-state index contributed by atoms with van der Waals surface area (Å²) in [5.41, 5.74) is 6.41. The maximum atomic E-state index is 13.9. The van der Waals surface area contributed by atoms with Crippen LogP contribution in [0.25, 0.3) is 22.5 Å². The number of nitrogens with one attached hydrogen (secondary N) is 1. The van der Waals surface area contributed by atoms with Crippen molar-refractivity contribution in [2.24, 2.45) is 5.92 Å². The summed E-state index contributed by atoms with van der Waals surface area (Å²) in [6.45, 7) is 6.68. The molecule has 63 heavy (non-hydrogen) atoms. The molecular weight excluding hydrogens is 826 g/mol. The molecule has 334 valence electrons. The van der Waals surface area contributed by atoms with Crippen LogP contribution in [0.3, 0.4) is 0 Å². The Kier molecular flexibility index (Phi) is 16.8. The predicted molar refractivity (Wildman–Crippen MR) is 239 cm³/mol. The van der Waals surface area contributed by atoms with E-state index < -0.39 is 19.7 Å². The van der Waals surface area contributed by atoms with Gasteiger partial charge in [-0.1, -0.05) is 73.7 Å². The molecule has 0 saturated carbocycles. The number of rotatable bonds is 22. The molecule has 6 rings (SSSR count). The van der Waals surface area contributed by atoms with Gasteiger partial charge in [-0.15, -0.1) is 5.10 Å². The summed E-state index contributed by atoms with van der Waals surface area (Å²) < 4.78 is 34.7. The second-order valence-electron chi connectivity index (χ2n) is 15.9. The van der Waals surface area contributed by atoms with Gasteiger partial charge in [0.2, 0.25) is 11.8 Å². The Morgan fingerprint density at radius 3 is 2.29 bits per heavy atom. The lowest BCUT2D eigenvalue weighted by molar-refractivity contribution is -0.122. The summed E-state index contributed by atoms with van der Waals surface area (Å²) >= 11 is 0. The van der Waals surface area contributed by atoms with Crippen LogP contribution in [0, 0.1) is 5.92 Å². The van der Waals surface area contributed by atoms with Gasteiger partial charge in [0.15, 0.2) is 0 Å². The summed E-state index contributed by atoms with van der Waals surface area (Å²) in [7, 11) is -3.66. The minimum absolute atomic E-state index is 0.0541. The van der Waals surface area contributed by atoms with Crippen LogP contribution in [0.5, 0.6) is 11.5 Å². The zero-order valence-electron chi connectivity index (χ0n) is 36.0. The van der Waals surface area contributed by atoms with Crippen LogP contribution in [-0.2, 0) is 42.9 Å². The molecule has 1 aliphatic heterocycles. The van der Waals surface area contributed by atoms with Gasteiger partial charge in [-0.2, -0.15) is 0 Å². The van der Waals surface area contributed by atoms with Crippen molar-refractivity contribution in [2.45, 2.75) is 71.6 Å². The molecule has 2 unspecified atom stereocenters. The maximum absolute atomic E-state index is 13.9. The minimum Gasteiger partial charge on any atom is -0.492 e. The average molecular weight is 882 g/mol. The van der Waals surface area contributed by atoms with E-state index in [4.69, 9.17) is 19.1 Å². The lowest BCUT2D eigenvalue weighted by Crippen LogP contribution is -2.31. The Morgan fingerprint density at radius 1 is 0.841 bits per heavy atom. The molecule has 2 heterocycles. The molecule has 0 radical (unpaired) electrons. The molecule has 16 heteroatoms. The van der Waals surface area contributed by atoms with Gasteiger partial charge in [0.1, 0.15) is 29.9 Å². The van der Waals surface area contributed by atoms with Crippen LogP contribution >= 0.6 is 7.60 Å². The number of carbonyl (C=O) groups is 3. The number of hydrogen-bond acceptors (Lipinski definition) is 11. The van der Waals surface area contributed by atoms with Crippen molar-refractivity contribution < 1.29 is 47.7 Å². The first-order valence-electron chi connectivity index (χ1n) is 21.3. The van der Waals surface area contributed by atoms with Crippen LogP contribution in [0.2, 0.25) is 0 Å². The van der Waals surface area contributed by atoms with E-state index in [1.54, 1.807) is 29.2 Å². The molecule has 5 aromatic rings. The first-order chi connectivity index (χ1) is 30.3. The fourth-order valence-electron chi connectivity index (χ4n) is 7.14. The maximum Gasteiger partial charge on any atom is 0.343 e. The number of aliphatic hydroxyl groups is 1. The number of nitrogens with zero attached hydrogens (tertiary/aromatic N) is 4. The molecule has 0 bridgehead atoms. The van der Waals surface area contributed by atoms with Gasteiger partial charge in [0.05, 0.1) is 43.2 Å². The van der Waals surface area contributed by atoms with Gasteiger partial charge in [-0.25, -0.2) is 9.48 Å². The highest BCUT2D eigenvalue weighted by molar-refractivity contribution is 7.51. The Labute approximate surface area is 367 Å². The van der Waals surface area contributed by atoms with Gasteiger partial charge < -0.3 is 39.0 Å². The molecule has 4 aromatic carbocycles. The lowest BCUT2D eigenvalue weighted by atomic mass is 9.95. The molecule has 15 nitrogen and oxygen atoms in total. The molecule has 2 atom stereocenters. The van der Waals surface area contributed by atoms with E-state index in [-0.39, 0.29) is 51.1 Å². The number of hydrogen-bond donors (Lipinski definition) is 3. The number of fused-ring (bicyclic) bond motifs is 5. The number of aliphatic hydroxyl groups excluding tert-OH is 1. The van der Waals surface area contributed by atoms with Gasteiger partial charge >= 0.3 is 13.6 Å². The summed E-state index contributed by atoms with van der Waals surface area (Å²) in [6, 6.07) is 30.0. The van der Waals surface area contributed by atoms with Crippen molar-refractivity contribution in [3.63, 3.8) is 0 Å². The standard InChI is InChI=1S/C47H56N5O10P/c1-33(2)29-34-17-21-39(22-18-34)62-47(56)35-19-23-38(24-20-35)60-28-26-52-46-40-12-5-4-11-36(40)30-51(42-14-7-6-13-41(42)45(46)49-50-52)44(55)16-9-8-15-43(54)48-25-10-27-59-31-37(53)32-61-63(3,57)58/h4-7,11-14,17-24,33,37,53H,8-10,15-16,25-32H2,1-3H3,(H,48,54)(H,57,58). The summed E-state index contributed by atoms with van der Waals surface area (Å²) in [4.78, 5) is 50.2. The Bertz CT molecular complexity index is 2350. The van der Waals surface area contributed by atoms with Crippen molar-refractivity contribution in [3.8, 4) is 34.0 Å². The number of anilines is 1. The number of aromatic nitrogens is 3. The summed E-state index contributed by atoms with van der Waals surface area (Å²) in [5.74, 6) is 0.980. The monoisotopic (exact) mass is 881 g/mol. The van der Waals surface area contributed by atoms with Crippen molar-refractivity contribution in [1.82, 2.24) is 20.3 Å². The van der Waals surface area contributed by atoms with E-state index in [9.17, 15) is 24.1 Å². The third-order valence-corrected chi connectivity index (χ3v) is 10.8. The van der Waals surface area contributed by atoms with E-state index in [0.717, 1.165) is 41.2 Å². The van der Waals surface area contributed by atoms with Crippen LogP contribution in [0.4, 0.5) is 5.69 Å². The first-order valence-corrected chi connectivity index (χ1v) is 23.3. The highest BCUT2D eigenvalue weighted by Crippen LogP contribution is 2.41. The molecular formula is C47H56N5O10P. The quantitative estimate of drug-likeness (QED) is 0.0274. The lowest BCUT2D eigenvalue weighted by Gasteiger charge is -2.28. The highest BCUT2D eigenvalue weighted by Gasteiger charge is 2.29. The first kappa shape index (κ1) is 46.8. The highest BCUT2D eigenvalue weighted by atomic mass is 31.2. The van der Waals surface area contributed by atoms with E-state index in [2.05, 4.69) is 34.0 Å². The minimum atomic E-state index is -3.66. The van der Waals surface area contributed by atoms with E-state index in [0.29, 0.717) is 67.6 Å². The van der Waals surface area contributed by atoms with Crippen LogP contribution in [0.15, 0.2) is 97.1 Å². The zero-order valence-corrected chi connectivity index (χ0v) is 36.9. The SMILES string of the molecule is CC(C)Cc1ccc(OC(=O)c2ccc(OCCn3nnc4c3-c3ccccc3CN(C(=O)CCCCC(=O)NCCCOCC(O)COP(C)(=O)O)c3ccccc3-4)cc2)cc1. The van der Waals surface area contributed by atoms with Crippen molar-refractivity contribution in [1.29, 1.82) is 0 Å². The van der Waals surface area contributed by atoms with Crippen molar-refractivity contribution in [2.75, 3.05) is 44.5 Å². The number of ether oxygens (including phenoxy) is 3. The number of carbonyl (C=O) groups excluding carboxylic acids is 3. The normalized spacial score (nSPS) is 13.5. The van der Waals surface area contributed by atoms with Gasteiger partial charge in [-0.05, 0) is 85.2 Å². The second kappa shape index (κ2) is 22.6. The molecule has 0 aliphatic carbocycles. The van der Waals surface area contributed by atoms with Crippen LogP contribution < -0.4 is 19.7 Å². The molecule has 2 amide bonds. The predicted octanol–water partition coefficient (Wildman–Crippen LogP) is 7.23. The van der Waals surface area contributed by atoms with E-state index in [1.807, 2.05) is 77.5 Å². The van der Waals surface area contributed by atoms with Gasteiger partial charge in [0.25, 0.3) is 0 Å². The number of esters is 1. The van der Waals surface area contributed by atoms with Gasteiger partial charge in [-0.3, -0.25) is 14.2 Å². The van der Waals surface area contributed by atoms with Crippen LogP contribution in [-0.4, -0.2) is 88.5 Å². The zero-order chi connectivity index (χ0) is 44.8. The summed E-state index contributed by atoms with van der Waals surface area (Å²) in [5, 5.41) is 21.8. The average Bonchev–Trinajstić information content (AvgIpc) is 3.67. The number of amides is 2.